The lowest BCUT2D eigenvalue weighted by molar-refractivity contribution is 0.159. The van der Waals surface area contributed by atoms with Crippen molar-refractivity contribution in [2.45, 2.75) is 63.6 Å². The van der Waals surface area contributed by atoms with Gasteiger partial charge in [0.1, 0.15) is 0 Å². The highest BCUT2D eigenvalue weighted by Crippen LogP contribution is 2.16. The Morgan fingerprint density at radius 1 is 1.29 bits per heavy atom. The van der Waals surface area contributed by atoms with Crippen molar-refractivity contribution in [2.24, 2.45) is 5.73 Å². The number of aliphatic hydroxyl groups excluding tert-OH is 1. The third-order valence-electron chi connectivity index (χ3n) is 3.12. The molecular weight excluding hydrogens is 176 g/mol. The first-order valence-electron chi connectivity index (χ1n) is 5.87. The van der Waals surface area contributed by atoms with E-state index in [1.807, 2.05) is 0 Å². The Balaban J connectivity index is 2.15. The molecule has 0 bridgehead atoms. The summed E-state index contributed by atoms with van der Waals surface area (Å²) in [6.07, 6.45) is 7.55. The maximum Gasteiger partial charge on any atom is 0.0675 e. The second-order valence-electron chi connectivity index (χ2n) is 4.50. The third-order valence-corrected chi connectivity index (χ3v) is 3.12. The molecule has 0 aromatic heterocycles. The van der Waals surface area contributed by atoms with Gasteiger partial charge in [-0.25, -0.2) is 0 Å². The molecule has 3 nitrogen and oxygen atoms in total. The molecule has 0 heterocycles. The van der Waals surface area contributed by atoms with Crippen LogP contribution in [0.4, 0.5) is 0 Å². The van der Waals surface area contributed by atoms with Crippen LogP contribution in [0.1, 0.15) is 45.4 Å². The highest BCUT2D eigenvalue weighted by atomic mass is 16.3. The minimum Gasteiger partial charge on any atom is -0.392 e. The second kappa shape index (κ2) is 6.38. The number of hydrogen-bond donors (Lipinski definition) is 3. The molecule has 1 fully saturated rings. The molecule has 0 aliphatic heterocycles. The van der Waals surface area contributed by atoms with Crippen molar-refractivity contribution < 1.29 is 5.11 Å². The lowest BCUT2D eigenvalue weighted by atomic mass is 10.1. The molecule has 1 aliphatic rings. The van der Waals surface area contributed by atoms with Crippen LogP contribution in [0.15, 0.2) is 0 Å². The molecule has 2 unspecified atom stereocenters. The Morgan fingerprint density at radius 3 is 2.36 bits per heavy atom. The summed E-state index contributed by atoms with van der Waals surface area (Å²) in [6.45, 7) is 2.49. The van der Waals surface area contributed by atoms with Gasteiger partial charge < -0.3 is 16.2 Å². The van der Waals surface area contributed by atoms with Gasteiger partial charge in [-0.05, 0) is 19.8 Å². The number of nitrogens with two attached hydrogens (primary N) is 1. The van der Waals surface area contributed by atoms with E-state index < -0.39 is 6.10 Å². The highest BCUT2D eigenvalue weighted by molar-refractivity contribution is 4.76. The number of rotatable bonds is 4. The molecule has 0 saturated heterocycles. The van der Waals surface area contributed by atoms with E-state index in [0.717, 1.165) is 6.54 Å². The van der Waals surface area contributed by atoms with Crippen molar-refractivity contribution in [2.75, 3.05) is 6.54 Å². The van der Waals surface area contributed by atoms with Crippen molar-refractivity contribution >= 4 is 0 Å². The van der Waals surface area contributed by atoms with Crippen LogP contribution in [0.5, 0.6) is 0 Å². The summed E-state index contributed by atoms with van der Waals surface area (Å²) in [4.78, 5) is 0. The molecule has 1 rings (SSSR count). The van der Waals surface area contributed by atoms with Gasteiger partial charge >= 0.3 is 0 Å². The number of hydrogen-bond acceptors (Lipinski definition) is 3. The van der Waals surface area contributed by atoms with Crippen LogP contribution < -0.4 is 11.1 Å². The minimum atomic E-state index is -0.409. The van der Waals surface area contributed by atoms with E-state index in [0.29, 0.717) is 6.04 Å². The van der Waals surface area contributed by atoms with Gasteiger partial charge in [0.05, 0.1) is 6.10 Å². The van der Waals surface area contributed by atoms with Gasteiger partial charge in [0.15, 0.2) is 0 Å². The largest absolute Gasteiger partial charge is 0.392 e. The Labute approximate surface area is 87.1 Å². The average molecular weight is 200 g/mol. The van der Waals surface area contributed by atoms with Crippen LogP contribution in [-0.4, -0.2) is 29.8 Å². The molecule has 2 atom stereocenters. The molecule has 0 radical (unpaired) electrons. The van der Waals surface area contributed by atoms with Crippen molar-refractivity contribution in [3.05, 3.63) is 0 Å². The van der Waals surface area contributed by atoms with Gasteiger partial charge in [-0.15, -0.1) is 0 Å². The molecule has 0 aromatic rings. The fourth-order valence-electron chi connectivity index (χ4n) is 1.96. The molecule has 1 saturated carbocycles. The van der Waals surface area contributed by atoms with Crippen LogP contribution in [0.3, 0.4) is 0 Å². The van der Waals surface area contributed by atoms with Crippen LogP contribution in [0, 0.1) is 0 Å². The average Bonchev–Trinajstić information content (AvgIpc) is 2.42. The summed E-state index contributed by atoms with van der Waals surface area (Å²) in [5.41, 5.74) is 5.76. The van der Waals surface area contributed by atoms with Gasteiger partial charge in [0, 0.05) is 18.6 Å². The Hall–Kier alpha value is -0.120. The van der Waals surface area contributed by atoms with E-state index >= 15 is 0 Å². The van der Waals surface area contributed by atoms with E-state index in [1.165, 1.54) is 38.5 Å². The molecule has 0 spiro atoms. The topological polar surface area (TPSA) is 58.3 Å². The normalized spacial score (nSPS) is 24.2. The lowest BCUT2D eigenvalue weighted by Gasteiger charge is -2.21. The van der Waals surface area contributed by atoms with Gasteiger partial charge in [0.2, 0.25) is 0 Å². The second-order valence-corrected chi connectivity index (χ2v) is 4.50. The molecule has 3 heteroatoms. The molecule has 0 aromatic carbocycles. The van der Waals surface area contributed by atoms with E-state index in [9.17, 15) is 5.11 Å². The lowest BCUT2D eigenvalue weighted by Crippen LogP contribution is -2.44. The Bertz CT molecular complexity index is 142. The van der Waals surface area contributed by atoms with E-state index in [4.69, 9.17) is 5.73 Å². The zero-order chi connectivity index (χ0) is 10.4. The Kier molecular flexibility index (Phi) is 5.45. The maximum atomic E-state index is 9.24. The van der Waals surface area contributed by atoms with E-state index in [1.54, 1.807) is 6.92 Å². The molecule has 84 valence electrons. The summed E-state index contributed by atoms with van der Waals surface area (Å²) in [7, 11) is 0. The van der Waals surface area contributed by atoms with Crippen LogP contribution in [-0.2, 0) is 0 Å². The highest BCUT2D eigenvalue weighted by Gasteiger charge is 2.14. The molecular formula is C11H24N2O. The quantitative estimate of drug-likeness (QED) is 0.594. The van der Waals surface area contributed by atoms with E-state index in [-0.39, 0.29) is 6.04 Å². The summed E-state index contributed by atoms with van der Waals surface area (Å²) >= 11 is 0. The van der Waals surface area contributed by atoms with Crippen LogP contribution in [0.2, 0.25) is 0 Å². The summed E-state index contributed by atoms with van der Waals surface area (Å²) < 4.78 is 0. The SMILES string of the molecule is CC(O)C(N)CNC1CCCCCC1. The predicted molar refractivity (Wildman–Crippen MR) is 59.1 cm³/mol. The minimum absolute atomic E-state index is 0.127. The first-order chi connectivity index (χ1) is 6.70. The van der Waals surface area contributed by atoms with Gasteiger partial charge in [-0.1, -0.05) is 25.7 Å². The number of aliphatic hydroxyl groups is 1. The van der Waals surface area contributed by atoms with Gasteiger partial charge in [-0.2, -0.15) is 0 Å². The van der Waals surface area contributed by atoms with Crippen molar-refractivity contribution in [1.29, 1.82) is 0 Å². The Morgan fingerprint density at radius 2 is 1.86 bits per heavy atom. The summed E-state index contributed by atoms with van der Waals surface area (Å²) in [5.74, 6) is 0. The zero-order valence-corrected chi connectivity index (χ0v) is 9.21. The van der Waals surface area contributed by atoms with Crippen LogP contribution >= 0.6 is 0 Å². The molecule has 0 amide bonds. The zero-order valence-electron chi connectivity index (χ0n) is 9.21. The van der Waals surface area contributed by atoms with Gasteiger partial charge in [-0.3, -0.25) is 0 Å². The third kappa shape index (κ3) is 4.40. The van der Waals surface area contributed by atoms with Gasteiger partial charge in [0.25, 0.3) is 0 Å². The monoisotopic (exact) mass is 200 g/mol. The fourth-order valence-corrected chi connectivity index (χ4v) is 1.96. The maximum absolute atomic E-state index is 9.24. The first kappa shape index (κ1) is 12.0. The number of nitrogens with one attached hydrogen (secondary N) is 1. The molecule has 14 heavy (non-hydrogen) atoms. The summed E-state index contributed by atoms with van der Waals surface area (Å²) in [6, 6.07) is 0.501. The predicted octanol–water partition coefficient (Wildman–Crippen LogP) is 1.01. The standard InChI is InChI=1S/C11H24N2O/c1-9(14)11(12)8-13-10-6-4-2-3-5-7-10/h9-11,13-14H,2-8,12H2,1H3. The van der Waals surface area contributed by atoms with Crippen LogP contribution in [0.25, 0.3) is 0 Å². The first-order valence-corrected chi connectivity index (χ1v) is 5.87. The molecule has 1 aliphatic carbocycles. The van der Waals surface area contributed by atoms with E-state index in [2.05, 4.69) is 5.32 Å². The van der Waals surface area contributed by atoms with Crippen molar-refractivity contribution in [1.82, 2.24) is 5.32 Å². The molecule has 4 N–H and O–H groups in total. The smallest absolute Gasteiger partial charge is 0.0675 e. The summed E-state index contributed by atoms with van der Waals surface area (Å²) in [5, 5.41) is 12.7. The van der Waals surface area contributed by atoms with Crippen molar-refractivity contribution in [3.8, 4) is 0 Å². The fraction of sp³-hybridized carbons (Fsp3) is 1.00. The van der Waals surface area contributed by atoms with Crippen molar-refractivity contribution in [3.63, 3.8) is 0 Å².